The summed E-state index contributed by atoms with van der Waals surface area (Å²) in [4.78, 5) is 9.09. The van der Waals surface area contributed by atoms with Crippen molar-refractivity contribution in [3.05, 3.63) is 46.8 Å². The molecule has 2 rings (SSSR count). The molecule has 1 aromatic heterocycles. The minimum Gasteiger partial charge on any atom is -0.399 e. The van der Waals surface area contributed by atoms with E-state index in [-0.39, 0.29) is 0 Å². The molecule has 1 heterocycles. The zero-order chi connectivity index (χ0) is 14.0. The summed E-state index contributed by atoms with van der Waals surface area (Å²) in [7, 11) is 0. The Morgan fingerprint density at radius 1 is 1.00 bits per heavy atom. The van der Waals surface area contributed by atoms with Crippen LogP contribution >= 0.6 is 11.8 Å². The van der Waals surface area contributed by atoms with Gasteiger partial charge in [0.1, 0.15) is 0 Å². The first kappa shape index (κ1) is 13.9. The molecule has 2 N–H and O–H groups in total. The van der Waals surface area contributed by atoms with Crippen LogP contribution in [0.25, 0.3) is 0 Å². The molecule has 2 aromatic rings. The molecule has 0 amide bonds. The molecule has 0 bridgehead atoms. The Balaban J connectivity index is 2.19. The van der Waals surface area contributed by atoms with Gasteiger partial charge >= 0.3 is 0 Å². The number of hydrogen-bond acceptors (Lipinski definition) is 4. The molecule has 4 heteroatoms. The average Bonchev–Trinajstić information content (AvgIpc) is 2.36. The molecule has 0 aliphatic carbocycles. The minimum absolute atomic E-state index is 0.308. The van der Waals surface area contributed by atoms with E-state index < -0.39 is 0 Å². The number of rotatable bonds is 3. The molecule has 19 heavy (non-hydrogen) atoms. The van der Waals surface area contributed by atoms with E-state index in [0.717, 1.165) is 22.2 Å². The van der Waals surface area contributed by atoms with Crippen molar-refractivity contribution in [2.45, 2.75) is 38.1 Å². The molecular weight excluding hydrogens is 254 g/mol. The molecule has 0 spiro atoms. The molecule has 100 valence electrons. The molecule has 0 aliphatic heterocycles. The van der Waals surface area contributed by atoms with Gasteiger partial charge in [-0.2, -0.15) is 0 Å². The van der Waals surface area contributed by atoms with Gasteiger partial charge in [-0.15, -0.1) is 0 Å². The Kier molecular flexibility index (Phi) is 4.10. The van der Waals surface area contributed by atoms with Crippen molar-refractivity contribution in [1.29, 1.82) is 0 Å². The van der Waals surface area contributed by atoms with Crippen LogP contribution in [0.3, 0.4) is 0 Å². The highest BCUT2D eigenvalue weighted by Gasteiger charge is 2.11. The van der Waals surface area contributed by atoms with Crippen LogP contribution < -0.4 is 5.73 Å². The molecule has 0 saturated carbocycles. The highest BCUT2D eigenvalue weighted by atomic mass is 32.2. The topological polar surface area (TPSA) is 51.8 Å². The summed E-state index contributed by atoms with van der Waals surface area (Å²) in [6.07, 6.45) is 0. The summed E-state index contributed by atoms with van der Waals surface area (Å²) in [5.41, 5.74) is 11.0. The lowest BCUT2D eigenvalue weighted by molar-refractivity contribution is 0.874. The first-order chi connectivity index (χ1) is 8.97. The van der Waals surface area contributed by atoms with Crippen LogP contribution in [-0.4, -0.2) is 9.97 Å². The summed E-state index contributed by atoms with van der Waals surface area (Å²) >= 11 is 1.68. The number of thioether (sulfide) groups is 1. The third-order valence-corrected chi connectivity index (χ3v) is 4.32. The third-order valence-electron chi connectivity index (χ3n) is 3.30. The zero-order valence-electron chi connectivity index (χ0n) is 11.8. The fourth-order valence-electron chi connectivity index (χ4n) is 1.79. The van der Waals surface area contributed by atoms with Crippen molar-refractivity contribution >= 4 is 17.4 Å². The predicted molar refractivity (Wildman–Crippen MR) is 81.4 cm³/mol. The molecule has 1 unspecified atom stereocenters. The van der Waals surface area contributed by atoms with Gasteiger partial charge in [0.15, 0.2) is 5.16 Å². The number of benzene rings is 1. The van der Waals surface area contributed by atoms with E-state index in [1.807, 2.05) is 26.0 Å². The highest BCUT2D eigenvalue weighted by Crippen LogP contribution is 2.33. The third kappa shape index (κ3) is 3.26. The average molecular weight is 273 g/mol. The summed E-state index contributed by atoms with van der Waals surface area (Å²) < 4.78 is 0. The van der Waals surface area contributed by atoms with Crippen molar-refractivity contribution in [1.82, 2.24) is 9.97 Å². The van der Waals surface area contributed by atoms with Crippen LogP contribution in [0.4, 0.5) is 5.69 Å². The van der Waals surface area contributed by atoms with Crippen LogP contribution in [0.15, 0.2) is 29.4 Å². The Labute approximate surface area is 118 Å². The molecule has 1 aromatic carbocycles. The van der Waals surface area contributed by atoms with Gasteiger partial charge in [0.05, 0.1) is 0 Å². The second kappa shape index (κ2) is 5.61. The zero-order valence-corrected chi connectivity index (χ0v) is 12.6. The number of nitrogens with two attached hydrogens (primary N) is 1. The van der Waals surface area contributed by atoms with Crippen molar-refractivity contribution < 1.29 is 0 Å². The van der Waals surface area contributed by atoms with Crippen LogP contribution in [0.5, 0.6) is 0 Å². The molecule has 0 fully saturated rings. The number of anilines is 1. The van der Waals surface area contributed by atoms with Crippen LogP contribution in [0, 0.1) is 20.8 Å². The normalized spacial score (nSPS) is 12.4. The largest absolute Gasteiger partial charge is 0.399 e. The number of aryl methyl sites for hydroxylation is 2. The van der Waals surface area contributed by atoms with E-state index in [1.54, 1.807) is 11.8 Å². The lowest BCUT2D eigenvalue weighted by Gasteiger charge is -2.12. The predicted octanol–water partition coefficient (Wildman–Crippen LogP) is 3.84. The molecule has 1 atom stereocenters. The molecule has 0 radical (unpaired) electrons. The lowest BCUT2D eigenvalue weighted by Crippen LogP contribution is -1.99. The fourth-order valence-corrected chi connectivity index (χ4v) is 2.78. The van der Waals surface area contributed by atoms with Crippen molar-refractivity contribution in [2.75, 3.05) is 5.73 Å². The van der Waals surface area contributed by atoms with E-state index in [9.17, 15) is 0 Å². The Morgan fingerprint density at radius 2 is 1.53 bits per heavy atom. The van der Waals surface area contributed by atoms with E-state index in [1.165, 1.54) is 11.1 Å². The van der Waals surface area contributed by atoms with Crippen molar-refractivity contribution in [3.8, 4) is 0 Å². The van der Waals surface area contributed by atoms with Gasteiger partial charge in [0.2, 0.25) is 0 Å². The molecular formula is C15H19N3S. The quantitative estimate of drug-likeness (QED) is 0.524. The minimum atomic E-state index is 0.308. The van der Waals surface area contributed by atoms with E-state index >= 15 is 0 Å². The molecule has 0 aliphatic rings. The van der Waals surface area contributed by atoms with E-state index in [0.29, 0.717) is 5.25 Å². The van der Waals surface area contributed by atoms with E-state index in [2.05, 4.69) is 35.9 Å². The maximum absolute atomic E-state index is 5.70. The number of aromatic nitrogens is 2. The number of nitrogen functional groups attached to an aromatic ring is 1. The van der Waals surface area contributed by atoms with Crippen LogP contribution in [0.2, 0.25) is 0 Å². The van der Waals surface area contributed by atoms with E-state index in [4.69, 9.17) is 5.73 Å². The van der Waals surface area contributed by atoms with Gasteiger partial charge in [-0.25, -0.2) is 9.97 Å². The van der Waals surface area contributed by atoms with Gasteiger partial charge in [0.25, 0.3) is 0 Å². The Morgan fingerprint density at radius 3 is 2.05 bits per heavy atom. The summed E-state index contributed by atoms with van der Waals surface area (Å²) in [5, 5.41) is 1.15. The van der Waals surface area contributed by atoms with Gasteiger partial charge in [0, 0.05) is 22.3 Å². The highest BCUT2D eigenvalue weighted by molar-refractivity contribution is 7.99. The van der Waals surface area contributed by atoms with Crippen molar-refractivity contribution in [3.63, 3.8) is 0 Å². The fraction of sp³-hybridized carbons (Fsp3) is 0.333. The van der Waals surface area contributed by atoms with Crippen LogP contribution in [0.1, 0.15) is 34.7 Å². The summed E-state index contributed by atoms with van der Waals surface area (Å²) in [6.45, 7) is 8.27. The summed E-state index contributed by atoms with van der Waals surface area (Å²) in [5.74, 6) is 0. The molecule has 0 saturated heterocycles. The molecule has 3 nitrogen and oxygen atoms in total. The number of hydrogen-bond donors (Lipinski definition) is 1. The van der Waals surface area contributed by atoms with Gasteiger partial charge in [-0.3, -0.25) is 0 Å². The standard InChI is InChI=1S/C15H19N3S/c1-9-10(2)17-15(18-11(9)3)19-12(4)13-5-7-14(16)8-6-13/h5-8,12H,16H2,1-4H3. The maximum Gasteiger partial charge on any atom is 0.188 e. The van der Waals surface area contributed by atoms with Gasteiger partial charge in [-0.05, 0) is 51.0 Å². The Bertz CT molecular complexity index is 555. The second-order valence-electron chi connectivity index (χ2n) is 4.73. The monoisotopic (exact) mass is 273 g/mol. The maximum atomic E-state index is 5.70. The summed E-state index contributed by atoms with van der Waals surface area (Å²) in [6, 6.07) is 7.97. The Hall–Kier alpha value is -1.55. The van der Waals surface area contributed by atoms with Gasteiger partial charge in [-0.1, -0.05) is 23.9 Å². The SMILES string of the molecule is Cc1nc(SC(C)c2ccc(N)cc2)nc(C)c1C. The first-order valence-corrected chi connectivity index (χ1v) is 7.19. The second-order valence-corrected chi connectivity index (χ2v) is 6.04. The smallest absolute Gasteiger partial charge is 0.188 e. The van der Waals surface area contributed by atoms with Crippen molar-refractivity contribution in [2.24, 2.45) is 0 Å². The van der Waals surface area contributed by atoms with Gasteiger partial charge < -0.3 is 5.73 Å². The lowest BCUT2D eigenvalue weighted by atomic mass is 10.1. The number of nitrogens with zero attached hydrogens (tertiary/aromatic N) is 2. The first-order valence-electron chi connectivity index (χ1n) is 6.31. The van der Waals surface area contributed by atoms with Crippen LogP contribution in [-0.2, 0) is 0 Å².